The molecule has 82 valence electrons. The zero-order valence-corrected chi connectivity index (χ0v) is 9.31. The molecule has 0 spiro atoms. The first-order valence-corrected chi connectivity index (χ1v) is 5.59. The normalized spacial score (nSPS) is 31.6. The summed E-state index contributed by atoms with van der Waals surface area (Å²) >= 11 is 0. The van der Waals surface area contributed by atoms with Gasteiger partial charge in [0.1, 0.15) is 5.76 Å². The highest BCUT2D eigenvalue weighted by atomic mass is 16.5. The van der Waals surface area contributed by atoms with Crippen LogP contribution in [0.4, 0.5) is 0 Å². The summed E-state index contributed by atoms with van der Waals surface area (Å²) in [6.45, 7) is 5.31. The van der Waals surface area contributed by atoms with Crippen LogP contribution in [-0.2, 0) is 6.54 Å². The second-order valence-corrected chi connectivity index (χ2v) is 4.87. The van der Waals surface area contributed by atoms with Crippen molar-refractivity contribution in [3.05, 3.63) is 17.5 Å². The minimum atomic E-state index is 0.741. The summed E-state index contributed by atoms with van der Waals surface area (Å²) in [5.41, 5.74) is 1.08. The van der Waals surface area contributed by atoms with Gasteiger partial charge in [-0.25, -0.2) is 0 Å². The summed E-state index contributed by atoms with van der Waals surface area (Å²) in [5, 5.41) is 4.05. The molecule has 3 heterocycles. The fourth-order valence-corrected chi connectivity index (χ4v) is 2.84. The molecule has 0 aromatic carbocycles. The van der Waals surface area contributed by atoms with E-state index in [-0.39, 0.29) is 0 Å². The van der Waals surface area contributed by atoms with Crippen molar-refractivity contribution < 1.29 is 4.52 Å². The van der Waals surface area contributed by atoms with Gasteiger partial charge < -0.3 is 9.42 Å². The molecule has 15 heavy (non-hydrogen) atoms. The van der Waals surface area contributed by atoms with Crippen molar-refractivity contribution in [2.45, 2.75) is 32.0 Å². The van der Waals surface area contributed by atoms with Gasteiger partial charge in [0.2, 0.25) is 0 Å². The number of likely N-dealkylation sites (tertiary alicyclic amines) is 2. The summed E-state index contributed by atoms with van der Waals surface area (Å²) in [6, 6.07) is 3.52. The van der Waals surface area contributed by atoms with E-state index in [1.165, 1.54) is 19.5 Å². The van der Waals surface area contributed by atoms with Crippen LogP contribution < -0.4 is 0 Å². The number of hydrogen-bond acceptors (Lipinski definition) is 4. The maximum absolute atomic E-state index is 5.09. The molecular formula is C11H17N3O. The van der Waals surface area contributed by atoms with Crippen LogP contribution in [0.5, 0.6) is 0 Å². The SMILES string of the molecule is Cc1cc(CN2C3CC2CN(C)C3)no1. The summed E-state index contributed by atoms with van der Waals surface area (Å²) in [6.07, 6.45) is 1.36. The molecule has 2 unspecified atom stereocenters. The third-order valence-corrected chi connectivity index (χ3v) is 3.55. The van der Waals surface area contributed by atoms with E-state index in [9.17, 15) is 0 Å². The lowest BCUT2D eigenvalue weighted by Gasteiger charge is -2.55. The molecule has 0 radical (unpaired) electrons. The fraction of sp³-hybridized carbons (Fsp3) is 0.727. The number of nitrogens with zero attached hydrogens (tertiary/aromatic N) is 3. The lowest BCUT2D eigenvalue weighted by molar-refractivity contribution is -0.0678. The van der Waals surface area contributed by atoms with Crippen molar-refractivity contribution >= 4 is 0 Å². The van der Waals surface area contributed by atoms with Crippen LogP contribution in [-0.4, -0.2) is 47.2 Å². The molecule has 0 aliphatic carbocycles. The molecule has 2 fully saturated rings. The van der Waals surface area contributed by atoms with Gasteiger partial charge in [-0.2, -0.15) is 0 Å². The highest BCUT2D eigenvalue weighted by Gasteiger charge is 2.43. The van der Waals surface area contributed by atoms with Crippen molar-refractivity contribution in [3.8, 4) is 0 Å². The Kier molecular flexibility index (Phi) is 2.07. The number of fused-ring (bicyclic) bond motifs is 2. The van der Waals surface area contributed by atoms with Crippen LogP contribution in [0, 0.1) is 6.92 Å². The van der Waals surface area contributed by atoms with Crippen LogP contribution in [0.25, 0.3) is 0 Å². The van der Waals surface area contributed by atoms with E-state index in [0.29, 0.717) is 0 Å². The topological polar surface area (TPSA) is 32.5 Å². The molecule has 2 bridgehead atoms. The molecule has 3 rings (SSSR count). The van der Waals surface area contributed by atoms with E-state index in [1.54, 1.807) is 0 Å². The quantitative estimate of drug-likeness (QED) is 0.720. The van der Waals surface area contributed by atoms with E-state index >= 15 is 0 Å². The summed E-state index contributed by atoms with van der Waals surface area (Å²) in [4.78, 5) is 4.97. The number of aromatic nitrogens is 1. The van der Waals surface area contributed by atoms with Crippen LogP contribution in [0.15, 0.2) is 10.6 Å². The van der Waals surface area contributed by atoms with Crippen LogP contribution in [0.1, 0.15) is 17.9 Å². The largest absolute Gasteiger partial charge is 0.361 e. The number of rotatable bonds is 2. The molecule has 2 aliphatic heterocycles. The highest BCUT2D eigenvalue weighted by Crippen LogP contribution is 2.32. The second-order valence-electron chi connectivity index (χ2n) is 4.87. The minimum Gasteiger partial charge on any atom is -0.361 e. The number of hydrogen-bond donors (Lipinski definition) is 0. The summed E-state index contributed by atoms with van der Waals surface area (Å²) in [7, 11) is 2.21. The smallest absolute Gasteiger partial charge is 0.133 e. The first-order chi connectivity index (χ1) is 7.22. The highest BCUT2D eigenvalue weighted by molar-refractivity contribution is 5.08. The first kappa shape index (κ1) is 9.36. The molecule has 4 nitrogen and oxygen atoms in total. The van der Waals surface area contributed by atoms with Crippen molar-refractivity contribution in [1.29, 1.82) is 0 Å². The second kappa shape index (κ2) is 3.32. The van der Waals surface area contributed by atoms with Crippen molar-refractivity contribution in [3.63, 3.8) is 0 Å². The Balaban J connectivity index is 1.66. The van der Waals surface area contributed by atoms with Gasteiger partial charge in [0.15, 0.2) is 0 Å². The Morgan fingerprint density at radius 1 is 1.47 bits per heavy atom. The van der Waals surface area contributed by atoms with Crippen LogP contribution in [0.2, 0.25) is 0 Å². The molecule has 1 aromatic rings. The molecule has 0 N–H and O–H groups in total. The van der Waals surface area contributed by atoms with E-state index in [1.807, 2.05) is 13.0 Å². The molecule has 2 atom stereocenters. The third kappa shape index (κ3) is 1.58. The number of aryl methyl sites for hydroxylation is 1. The molecular weight excluding hydrogens is 190 g/mol. The van der Waals surface area contributed by atoms with Gasteiger partial charge in [0, 0.05) is 37.8 Å². The van der Waals surface area contributed by atoms with Gasteiger partial charge in [-0.05, 0) is 20.4 Å². The van der Waals surface area contributed by atoms with Gasteiger partial charge in [-0.3, -0.25) is 4.90 Å². The molecule has 0 amide bonds. The van der Waals surface area contributed by atoms with Crippen LogP contribution in [0.3, 0.4) is 0 Å². The van der Waals surface area contributed by atoms with E-state index in [2.05, 4.69) is 22.0 Å². The number of piperazine rings is 1. The van der Waals surface area contributed by atoms with Gasteiger partial charge in [0.05, 0.1) is 5.69 Å². The van der Waals surface area contributed by atoms with E-state index < -0.39 is 0 Å². The van der Waals surface area contributed by atoms with Gasteiger partial charge in [-0.1, -0.05) is 5.16 Å². The molecule has 1 aromatic heterocycles. The van der Waals surface area contributed by atoms with Crippen molar-refractivity contribution in [2.24, 2.45) is 0 Å². The van der Waals surface area contributed by atoms with E-state index in [4.69, 9.17) is 4.52 Å². The summed E-state index contributed by atoms with van der Waals surface area (Å²) < 4.78 is 5.09. The zero-order chi connectivity index (χ0) is 10.4. The average molecular weight is 207 g/mol. The Labute approximate surface area is 89.8 Å². The Morgan fingerprint density at radius 3 is 2.80 bits per heavy atom. The maximum atomic E-state index is 5.09. The van der Waals surface area contributed by atoms with Gasteiger partial charge >= 0.3 is 0 Å². The number of likely N-dealkylation sites (N-methyl/N-ethyl adjacent to an activating group) is 1. The Bertz CT molecular complexity index is 350. The third-order valence-electron chi connectivity index (χ3n) is 3.55. The maximum Gasteiger partial charge on any atom is 0.133 e. The lowest BCUT2D eigenvalue weighted by Crippen LogP contribution is -2.67. The Morgan fingerprint density at radius 2 is 2.20 bits per heavy atom. The summed E-state index contributed by atoms with van der Waals surface area (Å²) in [5.74, 6) is 0.910. The monoisotopic (exact) mass is 207 g/mol. The van der Waals surface area contributed by atoms with Gasteiger partial charge in [-0.15, -0.1) is 0 Å². The predicted molar refractivity (Wildman–Crippen MR) is 56.5 cm³/mol. The standard InChI is InChI=1S/C11H17N3O/c1-8-3-9(12-15-8)5-14-10-4-11(14)7-13(2)6-10/h3,10-11H,4-7H2,1-2H3. The molecule has 2 aliphatic rings. The molecule has 2 saturated heterocycles. The Hall–Kier alpha value is -0.870. The lowest BCUT2D eigenvalue weighted by atomic mass is 9.87. The first-order valence-electron chi connectivity index (χ1n) is 5.59. The van der Waals surface area contributed by atoms with E-state index in [0.717, 1.165) is 30.1 Å². The fourth-order valence-electron chi connectivity index (χ4n) is 2.84. The average Bonchev–Trinajstić information content (AvgIpc) is 2.60. The number of piperidine rings is 1. The van der Waals surface area contributed by atoms with Crippen molar-refractivity contribution in [2.75, 3.05) is 20.1 Å². The predicted octanol–water partition coefficient (Wildman–Crippen LogP) is 0.871. The van der Waals surface area contributed by atoms with Gasteiger partial charge in [0.25, 0.3) is 0 Å². The van der Waals surface area contributed by atoms with Crippen molar-refractivity contribution in [1.82, 2.24) is 15.0 Å². The van der Waals surface area contributed by atoms with Crippen LogP contribution >= 0.6 is 0 Å². The zero-order valence-electron chi connectivity index (χ0n) is 9.31. The minimum absolute atomic E-state index is 0.741. The molecule has 0 saturated carbocycles. The molecule has 4 heteroatoms.